The quantitative estimate of drug-likeness (QED) is 0.686. The minimum atomic E-state index is -0.458. The lowest BCUT2D eigenvalue weighted by molar-refractivity contribution is 0.464. The van der Waals surface area contributed by atoms with E-state index in [-0.39, 0.29) is 0 Å². The van der Waals surface area contributed by atoms with Crippen LogP contribution in [0.4, 0.5) is 0 Å². The van der Waals surface area contributed by atoms with Crippen molar-refractivity contribution in [2.45, 2.75) is 21.9 Å². The first-order valence-corrected chi connectivity index (χ1v) is 6.60. The summed E-state index contributed by atoms with van der Waals surface area (Å²) in [4.78, 5) is 0. The predicted molar refractivity (Wildman–Crippen MR) is 70.7 cm³/mol. The SMILES string of the molecule is CC(C)c1ccc(C(Br)(Br)Br)cc1O. The standard InChI is InChI=1S/C10H11Br3O/c1-6(2)8-4-3-7(5-9(8)14)10(11,12)13/h3-6,14H,1-2H3. The molecular weight excluding hydrogens is 376 g/mol. The molecule has 1 rings (SSSR count). The van der Waals surface area contributed by atoms with Gasteiger partial charge in [0.05, 0.1) is 0 Å². The fourth-order valence-corrected chi connectivity index (χ4v) is 1.95. The van der Waals surface area contributed by atoms with Gasteiger partial charge in [-0.1, -0.05) is 73.8 Å². The molecule has 0 bridgehead atoms. The number of hydrogen-bond acceptors (Lipinski definition) is 1. The van der Waals surface area contributed by atoms with Gasteiger partial charge >= 0.3 is 0 Å². The van der Waals surface area contributed by atoms with E-state index < -0.39 is 2.14 Å². The average Bonchev–Trinajstić information content (AvgIpc) is 2.01. The summed E-state index contributed by atoms with van der Waals surface area (Å²) in [5.74, 6) is 0.666. The molecule has 0 aromatic heterocycles. The molecule has 0 saturated carbocycles. The number of halogens is 3. The molecule has 0 atom stereocenters. The van der Waals surface area contributed by atoms with Gasteiger partial charge in [0.1, 0.15) is 5.75 Å². The van der Waals surface area contributed by atoms with Crippen LogP contribution < -0.4 is 0 Å². The van der Waals surface area contributed by atoms with Gasteiger partial charge in [0.15, 0.2) is 2.14 Å². The number of aromatic hydroxyl groups is 1. The molecule has 1 aromatic rings. The molecule has 1 aromatic carbocycles. The summed E-state index contributed by atoms with van der Waals surface area (Å²) < 4.78 is -0.458. The van der Waals surface area contributed by atoms with E-state index in [2.05, 4.69) is 61.6 Å². The van der Waals surface area contributed by atoms with Gasteiger partial charge in [0.2, 0.25) is 0 Å². The van der Waals surface area contributed by atoms with Crippen molar-refractivity contribution in [1.82, 2.24) is 0 Å². The first kappa shape index (κ1) is 12.5. The Bertz CT molecular complexity index is 329. The first-order valence-electron chi connectivity index (χ1n) is 4.22. The summed E-state index contributed by atoms with van der Waals surface area (Å²) in [5, 5.41) is 9.76. The van der Waals surface area contributed by atoms with E-state index in [0.29, 0.717) is 11.7 Å². The van der Waals surface area contributed by atoms with Gasteiger partial charge < -0.3 is 5.11 Å². The van der Waals surface area contributed by atoms with Crippen LogP contribution in [0.5, 0.6) is 5.75 Å². The second-order valence-electron chi connectivity index (χ2n) is 3.43. The molecule has 1 N–H and O–H groups in total. The van der Waals surface area contributed by atoms with Crippen LogP contribution in [0.1, 0.15) is 30.9 Å². The topological polar surface area (TPSA) is 20.2 Å². The van der Waals surface area contributed by atoms with E-state index in [1.54, 1.807) is 6.07 Å². The zero-order valence-corrected chi connectivity index (χ0v) is 12.6. The van der Waals surface area contributed by atoms with Crippen LogP contribution in [0.3, 0.4) is 0 Å². The third-order valence-corrected chi connectivity index (χ3v) is 3.35. The highest BCUT2D eigenvalue weighted by Gasteiger charge is 2.22. The summed E-state index contributed by atoms with van der Waals surface area (Å²) in [6.07, 6.45) is 0. The van der Waals surface area contributed by atoms with E-state index in [1.165, 1.54) is 0 Å². The van der Waals surface area contributed by atoms with Crippen molar-refractivity contribution in [3.05, 3.63) is 29.3 Å². The third kappa shape index (κ3) is 2.97. The van der Waals surface area contributed by atoms with Crippen LogP contribution in [0.15, 0.2) is 18.2 Å². The maximum atomic E-state index is 9.76. The minimum Gasteiger partial charge on any atom is -0.508 e. The number of hydrogen-bond donors (Lipinski definition) is 1. The van der Waals surface area contributed by atoms with Gasteiger partial charge in [0.25, 0.3) is 0 Å². The zero-order chi connectivity index (χ0) is 10.9. The molecule has 1 nitrogen and oxygen atoms in total. The van der Waals surface area contributed by atoms with Crippen molar-refractivity contribution in [3.8, 4) is 5.75 Å². The summed E-state index contributed by atoms with van der Waals surface area (Å²) in [5.41, 5.74) is 1.89. The second-order valence-corrected chi connectivity index (χ2v) is 10.2. The van der Waals surface area contributed by atoms with Gasteiger partial charge in [0, 0.05) is 0 Å². The van der Waals surface area contributed by atoms with Gasteiger partial charge in [-0.3, -0.25) is 0 Å². The number of rotatable bonds is 1. The molecule has 0 heterocycles. The predicted octanol–water partition coefficient (Wildman–Crippen LogP) is 4.81. The molecule has 78 valence electrons. The molecule has 0 amide bonds. The molecule has 0 radical (unpaired) electrons. The molecule has 0 spiro atoms. The van der Waals surface area contributed by atoms with Crippen molar-refractivity contribution in [2.24, 2.45) is 0 Å². The molecule has 0 aliphatic carbocycles. The molecular formula is C10H11Br3O. The summed E-state index contributed by atoms with van der Waals surface area (Å²) in [6.45, 7) is 4.11. The average molecular weight is 387 g/mol. The normalized spacial score (nSPS) is 12.1. The third-order valence-electron chi connectivity index (χ3n) is 1.98. The maximum absolute atomic E-state index is 9.76. The smallest absolute Gasteiger partial charge is 0.160 e. The lowest BCUT2D eigenvalue weighted by atomic mass is 10.0. The molecule has 0 aliphatic rings. The van der Waals surface area contributed by atoms with Crippen LogP contribution in [0.2, 0.25) is 0 Å². The van der Waals surface area contributed by atoms with Gasteiger partial charge in [-0.15, -0.1) is 0 Å². The minimum absolute atomic E-state index is 0.333. The van der Waals surface area contributed by atoms with E-state index in [9.17, 15) is 5.11 Å². The lowest BCUT2D eigenvalue weighted by Gasteiger charge is -2.15. The van der Waals surface area contributed by atoms with Crippen molar-refractivity contribution in [1.29, 1.82) is 0 Å². The molecule has 0 aliphatic heterocycles. The van der Waals surface area contributed by atoms with E-state index in [1.807, 2.05) is 12.1 Å². The first-order chi connectivity index (χ1) is 6.32. The number of benzene rings is 1. The fraction of sp³-hybridized carbons (Fsp3) is 0.400. The van der Waals surface area contributed by atoms with Crippen molar-refractivity contribution in [2.75, 3.05) is 0 Å². The van der Waals surface area contributed by atoms with E-state index >= 15 is 0 Å². The summed E-state index contributed by atoms with van der Waals surface area (Å²) in [7, 11) is 0. The van der Waals surface area contributed by atoms with Crippen molar-refractivity contribution in [3.63, 3.8) is 0 Å². The largest absolute Gasteiger partial charge is 0.508 e. The Morgan fingerprint density at radius 2 is 1.79 bits per heavy atom. The van der Waals surface area contributed by atoms with Crippen LogP contribution in [-0.2, 0) is 2.14 Å². The lowest BCUT2D eigenvalue weighted by Crippen LogP contribution is -1.98. The summed E-state index contributed by atoms with van der Waals surface area (Å²) in [6, 6.07) is 5.65. The van der Waals surface area contributed by atoms with Gasteiger partial charge in [-0.2, -0.15) is 0 Å². The Kier molecular flexibility index (Phi) is 4.06. The molecule has 0 saturated heterocycles. The number of phenolic OH excluding ortho intramolecular Hbond substituents is 1. The molecule has 0 unspecified atom stereocenters. The highest BCUT2D eigenvalue weighted by molar-refractivity contribution is 9.38. The van der Waals surface area contributed by atoms with E-state index in [0.717, 1.165) is 11.1 Å². The highest BCUT2D eigenvalue weighted by atomic mass is 80.0. The Morgan fingerprint density at radius 3 is 2.14 bits per heavy atom. The Balaban J connectivity index is 3.13. The Morgan fingerprint density at radius 1 is 1.21 bits per heavy atom. The van der Waals surface area contributed by atoms with Crippen molar-refractivity contribution < 1.29 is 5.11 Å². The second kappa shape index (κ2) is 4.54. The van der Waals surface area contributed by atoms with Gasteiger partial charge in [-0.05, 0) is 23.1 Å². The molecule has 4 heteroatoms. The van der Waals surface area contributed by atoms with Crippen LogP contribution in [-0.4, -0.2) is 5.11 Å². The maximum Gasteiger partial charge on any atom is 0.160 e. The fourth-order valence-electron chi connectivity index (χ4n) is 1.21. The van der Waals surface area contributed by atoms with Crippen LogP contribution in [0.25, 0.3) is 0 Å². The van der Waals surface area contributed by atoms with Gasteiger partial charge in [-0.25, -0.2) is 0 Å². The summed E-state index contributed by atoms with van der Waals surface area (Å²) >= 11 is 10.2. The number of phenols is 1. The van der Waals surface area contributed by atoms with Crippen LogP contribution >= 0.6 is 47.8 Å². The Labute approximate surface area is 109 Å². The van der Waals surface area contributed by atoms with Crippen molar-refractivity contribution >= 4 is 47.8 Å². The molecule has 14 heavy (non-hydrogen) atoms. The van der Waals surface area contributed by atoms with Crippen LogP contribution in [0, 0.1) is 0 Å². The molecule has 0 fully saturated rings. The zero-order valence-electron chi connectivity index (χ0n) is 7.89. The van der Waals surface area contributed by atoms with E-state index in [4.69, 9.17) is 0 Å². The Hall–Kier alpha value is 0.460. The number of alkyl halides is 3. The monoisotopic (exact) mass is 384 g/mol. The highest BCUT2D eigenvalue weighted by Crippen LogP contribution is 2.45.